The van der Waals surface area contributed by atoms with Gasteiger partial charge in [-0.3, -0.25) is 14.8 Å². The molecular formula is C18H10ClN5O. The molecule has 1 amide bonds. The molecule has 2 heterocycles. The lowest BCUT2D eigenvalue weighted by molar-refractivity contribution is 0.0940. The molecule has 120 valence electrons. The third-order valence-corrected chi connectivity index (χ3v) is 4.10. The van der Waals surface area contributed by atoms with Crippen LogP contribution in [0.2, 0.25) is 5.02 Å². The fourth-order valence-electron chi connectivity index (χ4n) is 2.41. The van der Waals surface area contributed by atoms with Crippen LogP contribution in [-0.4, -0.2) is 26.4 Å². The van der Waals surface area contributed by atoms with E-state index in [0.717, 1.165) is 11.1 Å². The van der Waals surface area contributed by atoms with Gasteiger partial charge in [0.05, 0.1) is 18.5 Å². The van der Waals surface area contributed by atoms with Crippen molar-refractivity contribution in [1.82, 2.24) is 20.3 Å². The van der Waals surface area contributed by atoms with Crippen molar-refractivity contribution in [2.24, 2.45) is 0 Å². The zero-order chi connectivity index (χ0) is 17.4. The van der Waals surface area contributed by atoms with Crippen LogP contribution in [-0.2, 0) is 0 Å². The highest BCUT2D eigenvalue weighted by atomic mass is 35.5. The smallest absolute Gasteiger partial charge is 0.273 e. The number of nitrogens with zero attached hydrogens (tertiary/aromatic N) is 4. The third kappa shape index (κ3) is 2.82. The summed E-state index contributed by atoms with van der Waals surface area (Å²) in [7, 11) is 0. The number of rotatable bonds is 3. The van der Waals surface area contributed by atoms with Crippen LogP contribution in [0.3, 0.4) is 0 Å². The topological polar surface area (TPSA) is 91.6 Å². The Morgan fingerprint density at radius 2 is 1.92 bits per heavy atom. The summed E-state index contributed by atoms with van der Waals surface area (Å²) in [5.74, 6) is -0.459. The first-order valence-corrected chi connectivity index (χ1v) is 7.79. The Bertz CT molecular complexity index is 1060. The van der Waals surface area contributed by atoms with Gasteiger partial charge in [-0.25, -0.2) is 4.98 Å². The SMILES string of the molecule is N#CC1(NC(=O)c2cnc3cncc(-c4ccc(Cl)cc4)c3n2)C=C1. The van der Waals surface area contributed by atoms with E-state index in [1.807, 2.05) is 18.2 Å². The van der Waals surface area contributed by atoms with Crippen molar-refractivity contribution in [3.8, 4) is 17.2 Å². The molecule has 1 N–H and O–H groups in total. The monoisotopic (exact) mass is 347 g/mol. The number of nitriles is 1. The lowest BCUT2D eigenvalue weighted by Crippen LogP contribution is -2.37. The summed E-state index contributed by atoms with van der Waals surface area (Å²) in [6.45, 7) is 0. The maximum Gasteiger partial charge on any atom is 0.273 e. The van der Waals surface area contributed by atoms with Crippen LogP contribution in [0.1, 0.15) is 10.5 Å². The standard InChI is InChI=1S/C18H10ClN5O/c19-12-3-1-11(2-4-12)13-7-21-8-14-16(13)23-15(9-22-14)17(25)24-18(10-20)5-6-18/h1-9H,(H,24,25). The van der Waals surface area contributed by atoms with Gasteiger partial charge in [-0.2, -0.15) is 5.26 Å². The normalized spacial score (nSPS) is 14.1. The van der Waals surface area contributed by atoms with Crippen LogP contribution in [0.5, 0.6) is 0 Å². The van der Waals surface area contributed by atoms with Gasteiger partial charge in [-0.1, -0.05) is 23.7 Å². The average Bonchev–Trinajstić information content (AvgIpc) is 3.41. The Morgan fingerprint density at radius 1 is 1.16 bits per heavy atom. The summed E-state index contributed by atoms with van der Waals surface area (Å²) < 4.78 is 0. The van der Waals surface area contributed by atoms with Crippen molar-refractivity contribution in [1.29, 1.82) is 5.26 Å². The Balaban J connectivity index is 1.77. The number of hydrogen-bond acceptors (Lipinski definition) is 5. The summed E-state index contributed by atoms with van der Waals surface area (Å²) in [6.07, 6.45) is 7.85. The first-order valence-electron chi connectivity index (χ1n) is 7.41. The number of fused-ring (bicyclic) bond motifs is 1. The summed E-state index contributed by atoms with van der Waals surface area (Å²) in [6, 6.07) is 9.27. The van der Waals surface area contributed by atoms with Crippen LogP contribution < -0.4 is 5.32 Å². The van der Waals surface area contributed by atoms with E-state index in [1.165, 1.54) is 6.20 Å². The summed E-state index contributed by atoms with van der Waals surface area (Å²) >= 11 is 5.94. The van der Waals surface area contributed by atoms with E-state index in [0.29, 0.717) is 16.1 Å². The van der Waals surface area contributed by atoms with E-state index in [-0.39, 0.29) is 5.69 Å². The van der Waals surface area contributed by atoms with Crippen LogP contribution in [0.15, 0.2) is 55.0 Å². The Morgan fingerprint density at radius 3 is 2.60 bits per heavy atom. The molecule has 7 heteroatoms. The zero-order valence-electron chi connectivity index (χ0n) is 12.8. The van der Waals surface area contributed by atoms with E-state index in [2.05, 4.69) is 20.3 Å². The molecule has 1 aliphatic carbocycles. The van der Waals surface area contributed by atoms with Crippen LogP contribution in [0, 0.1) is 11.3 Å². The number of pyridine rings is 1. The summed E-state index contributed by atoms with van der Waals surface area (Å²) in [5, 5.41) is 12.3. The van der Waals surface area contributed by atoms with Gasteiger partial charge in [-0.05, 0) is 29.8 Å². The second-order valence-corrected chi connectivity index (χ2v) is 6.02. The van der Waals surface area contributed by atoms with E-state index < -0.39 is 11.4 Å². The molecule has 0 bridgehead atoms. The molecule has 0 saturated heterocycles. The first-order chi connectivity index (χ1) is 12.1. The minimum Gasteiger partial charge on any atom is -0.326 e. The molecule has 0 saturated carbocycles. The number of benzene rings is 1. The van der Waals surface area contributed by atoms with E-state index in [9.17, 15) is 4.79 Å². The molecule has 2 aromatic heterocycles. The van der Waals surface area contributed by atoms with Gasteiger partial charge in [0.2, 0.25) is 0 Å². The first kappa shape index (κ1) is 15.2. The molecule has 0 unspecified atom stereocenters. The summed E-state index contributed by atoms with van der Waals surface area (Å²) in [5.41, 5.74) is 1.88. The molecular weight excluding hydrogens is 338 g/mol. The summed E-state index contributed by atoms with van der Waals surface area (Å²) in [4.78, 5) is 25.2. The van der Waals surface area contributed by atoms with E-state index in [4.69, 9.17) is 16.9 Å². The molecule has 25 heavy (non-hydrogen) atoms. The molecule has 0 fully saturated rings. The predicted octanol–water partition coefficient (Wildman–Crippen LogP) is 2.91. The molecule has 0 radical (unpaired) electrons. The molecule has 0 spiro atoms. The number of hydrogen-bond donors (Lipinski definition) is 1. The van der Waals surface area contributed by atoms with Gasteiger partial charge >= 0.3 is 0 Å². The van der Waals surface area contributed by atoms with Crippen molar-refractivity contribution in [3.63, 3.8) is 0 Å². The second kappa shape index (κ2) is 5.65. The highest BCUT2D eigenvalue weighted by Crippen LogP contribution is 2.27. The molecule has 1 aliphatic rings. The fourth-order valence-corrected chi connectivity index (χ4v) is 2.53. The van der Waals surface area contributed by atoms with Crippen molar-refractivity contribution < 1.29 is 4.79 Å². The molecule has 1 aromatic carbocycles. The quantitative estimate of drug-likeness (QED) is 0.735. The lowest BCUT2D eigenvalue weighted by atomic mass is 10.1. The minimum atomic E-state index is -0.995. The van der Waals surface area contributed by atoms with Gasteiger partial charge in [0, 0.05) is 16.8 Å². The molecule has 3 aromatic rings. The van der Waals surface area contributed by atoms with Gasteiger partial charge in [0.15, 0.2) is 5.54 Å². The number of amides is 1. The largest absolute Gasteiger partial charge is 0.326 e. The number of carbonyl (C=O) groups excluding carboxylic acids is 1. The van der Waals surface area contributed by atoms with Crippen molar-refractivity contribution in [3.05, 3.63) is 65.7 Å². The zero-order valence-corrected chi connectivity index (χ0v) is 13.5. The number of nitrogens with one attached hydrogen (secondary N) is 1. The molecule has 4 rings (SSSR count). The Kier molecular flexibility index (Phi) is 3.45. The Labute approximate surface area is 147 Å². The predicted molar refractivity (Wildman–Crippen MR) is 92.7 cm³/mol. The Hall–Kier alpha value is -3.30. The average molecular weight is 348 g/mol. The second-order valence-electron chi connectivity index (χ2n) is 5.59. The third-order valence-electron chi connectivity index (χ3n) is 3.85. The fraction of sp³-hybridized carbons (Fsp3) is 0.0556. The molecule has 0 atom stereocenters. The van der Waals surface area contributed by atoms with Crippen molar-refractivity contribution in [2.75, 3.05) is 0 Å². The van der Waals surface area contributed by atoms with Gasteiger partial charge in [0.25, 0.3) is 5.91 Å². The van der Waals surface area contributed by atoms with Gasteiger partial charge < -0.3 is 5.32 Å². The van der Waals surface area contributed by atoms with Gasteiger partial charge in [0.1, 0.15) is 16.7 Å². The molecule has 0 aliphatic heterocycles. The molecule has 6 nitrogen and oxygen atoms in total. The maximum absolute atomic E-state index is 12.4. The van der Waals surface area contributed by atoms with Crippen molar-refractivity contribution in [2.45, 2.75) is 5.54 Å². The van der Waals surface area contributed by atoms with Crippen LogP contribution >= 0.6 is 11.6 Å². The van der Waals surface area contributed by atoms with E-state index >= 15 is 0 Å². The van der Waals surface area contributed by atoms with Crippen LogP contribution in [0.25, 0.3) is 22.2 Å². The highest BCUT2D eigenvalue weighted by Gasteiger charge is 2.36. The highest BCUT2D eigenvalue weighted by molar-refractivity contribution is 6.30. The lowest BCUT2D eigenvalue weighted by Gasteiger charge is -2.10. The number of halogens is 1. The maximum atomic E-state index is 12.4. The number of aromatic nitrogens is 3. The number of carbonyl (C=O) groups is 1. The van der Waals surface area contributed by atoms with E-state index in [1.54, 1.807) is 36.7 Å². The van der Waals surface area contributed by atoms with Crippen molar-refractivity contribution >= 4 is 28.5 Å². The van der Waals surface area contributed by atoms with Gasteiger partial charge in [-0.15, -0.1) is 0 Å². The van der Waals surface area contributed by atoms with Crippen LogP contribution in [0.4, 0.5) is 0 Å². The minimum absolute atomic E-state index is 0.136.